The van der Waals surface area contributed by atoms with Gasteiger partial charge in [0.25, 0.3) is 0 Å². The Morgan fingerprint density at radius 1 is 0.279 bits per heavy atom. The van der Waals surface area contributed by atoms with E-state index in [0.717, 1.165) is 28.4 Å². The van der Waals surface area contributed by atoms with Gasteiger partial charge < -0.3 is 14.0 Å². The van der Waals surface area contributed by atoms with E-state index in [1.165, 1.54) is 76.6 Å². The van der Waals surface area contributed by atoms with Gasteiger partial charge in [0.1, 0.15) is 0 Å². The molecule has 0 spiro atoms. The molecule has 0 aliphatic carbocycles. The standard InChI is InChI=1S/C58H39N3/c1-3-14-40(15-4-1)41-26-32-47(33-27-41)59(55-24-13-25-56-58(55)51-21-10-12-23-54(51)60(56)46-18-5-2-6-19-46)48-34-28-42(29-35-48)43-30-36-49(37-31-43)61-53-22-11-9-20-50(53)52-38-44-16-7-8-17-45(44)39-57(52)61/h1-39H. The average Bonchev–Trinajstić information content (AvgIpc) is 3.85. The highest BCUT2D eigenvalue weighted by molar-refractivity contribution is 6.17. The first-order valence-electron chi connectivity index (χ1n) is 20.9. The van der Waals surface area contributed by atoms with Crippen molar-refractivity contribution >= 4 is 71.4 Å². The highest BCUT2D eigenvalue weighted by Crippen LogP contribution is 2.44. The Morgan fingerprint density at radius 2 is 0.738 bits per heavy atom. The summed E-state index contributed by atoms with van der Waals surface area (Å²) in [4.78, 5) is 2.41. The van der Waals surface area contributed by atoms with Crippen LogP contribution in [0.25, 0.3) is 88.0 Å². The summed E-state index contributed by atoms with van der Waals surface area (Å²) in [5.74, 6) is 0. The maximum absolute atomic E-state index is 2.41. The first-order valence-corrected chi connectivity index (χ1v) is 20.9. The normalized spacial score (nSPS) is 11.6. The molecule has 10 aromatic carbocycles. The smallest absolute Gasteiger partial charge is 0.0562 e. The lowest BCUT2D eigenvalue weighted by atomic mass is 10.0. The fraction of sp³-hybridized carbons (Fsp3) is 0. The second-order valence-corrected chi connectivity index (χ2v) is 15.8. The molecule has 12 rings (SSSR count). The monoisotopic (exact) mass is 777 g/mol. The van der Waals surface area contributed by atoms with Crippen LogP contribution in [-0.2, 0) is 0 Å². The Balaban J connectivity index is 0.969. The number of para-hydroxylation sites is 3. The lowest BCUT2D eigenvalue weighted by molar-refractivity contribution is 1.18. The van der Waals surface area contributed by atoms with Crippen molar-refractivity contribution < 1.29 is 0 Å². The molecule has 0 fully saturated rings. The molecule has 0 unspecified atom stereocenters. The molecule has 286 valence electrons. The molecule has 3 heteroatoms. The number of benzene rings is 10. The van der Waals surface area contributed by atoms with E-state index in [-0.39, 0.29) is 0 Å². The van der Waals surface area contributed by atoms with Crippen LogP contribution in [0.5, 0.6) is 0 Å². The predicted octanol–water partition coefficient (Wildman–Crippen LogP) is 15.8. The lowest BCUT2D eigenvalue weighted by Gasteiger charge is -2.27. The Hall–Kier alpha value is -8.14. The van der Waals surface area contributed by atoms with Gasteiger partial charge in [-0.25, -0.2) is 0 Å². The van der Waals surface area contributed by atoms with Gasteiger partial charge in [-0.3, -0.25) is 0 Å². The first kappa shape index (κ1) is 34.9. The zero-order valence-electron chi connectivity index (χ0n) is 33.4. The summed E-state index contributed by atoms with van der Waals surface area (Å²) in [6.45, 7) is 0. The van der Waals surface area contributed by atoms with E-state index < -0.39 is 0 Å². The van der Waals surface area contributed by atoms with E-state index in [2.05, 4.69) is 251 Å². The fourth-order valence-corrected chi connectivity index (χ4v) is 9.44. The molecule has 2 heterocycles. The van der Waals surface area contributed by atoms with Crippen LogP contribution >= 0.6 is 0 Å². The summed E-state index contributed by atoms with van der Waals surface area (Å²) in [5.41, 5.74) is 15.1. The number of fused-ring (bicyclic) bond motifs is 7. The quantitative estimate of drug-likeness (QED) is 0.157. The van der Waals surface area contributed by atoms with Gasteiger partial charge in [-0.1, -0.05) is 152 Å². The number of hydrogen-bond acceptors (Lipinski definition) is 1. The van der Waals surface area contributed by atoms with Crippen molar-refractivity contribution in [2.75, 3.05) is 4.90 Å². The Labute approximate surface area is 354 Å². The third-order valence-electron chi connectivity index (χ3n) is 12.3. The summed E-state index contributed by atoms with van der Waals surface area (Å²) < 4.78 is 4.79. The largest absolute Gasteiger partial charge is 0.310 e. The molecule has 0 radical (unpaired) electrons. The van der Waals surface area contributed by atoms with Crippen molar-refractivity contribution in [3.8, 4) is 33.6 Å². The van der Waals surface area contributed by atoms with Crippen molar-refractivity contribution in [2.24, 2.45) is 0 Å². The van der Waals surface area contributed by atoms with Crippen LogP contribution in [0.3, 0.4) is 0 Å². The molecule has 12 aromatic rings. The molecular weight excluding hydrogens is 739 g/mol. The van der Waals surface area contributed by atoms with Crippen LogP contribution in [0.2, 0.25) is 0 Å². The van der Waals surface area contributed by atoms with Crippen LogP contribution in [0.15, 0.2) is 237 Å². The van der Waals surface area contributed by atoms with Crippen LogP contribution in [-0.4, -0.2) is 9.13 Å². The molecule has 0 saturated heterocycles. The lowest BCUT2D eigenvalue weighted by Crippen LogP contribution is -2.10. The van der Waals surface area contributed by atoms with Crippen LogP contribution in [0.1, 0.15) is 0 Å². The van der Waals surface area contributed by atoms with Gasteiger partial charge in [0.05, 0.1) is 27.8 Å². The van der Waals surface area contributed by atoms with Crippen LogP contribution < -0.4 is 4.90 Å². The van der Waals surface area contributed by atoms with Crippen molar-refractivity contribution in [2.45, 2.75) is 0 Å². The Kier molecular flexibility index (Phi) is 8.17. The van der Waals surface area contributed by atoms with Crippen molar-refractivity contribution in [3.05, 3.63) is 237 Å². The minimum absolute atomic E-state index is 1.09. The third kappa shape index (κ3) is 5.82. The van der Waals surface area contributed by atoms with E-state index in [0.29, 0.717) is 0 Å². The zero-order chi connectivity index (χ0) is 40.3. The summed E-state index contributed by atoms with van der Waals surface area (Å²) in [5, 5.41) is 7.48. The highest BCUT2D eigenvalue weighted by Gasteiger charge is 2.21. The predicted molar refractivity (Wildman–Crippen MR) is 258 cm³/mol. The molecule has 0 aliphatic rings. The van der Waals surface area contributed by atoms with Crippen LogP contribution in [0, 0.1) is 0 Å². The number of rotatable bonds is 7. The van der Waals surface area contributed by atoms with Gasteiger partial charge in [-0.15, -0.1) is 0 Å². The molecule has 61 heavy (non-hydrogen) atoms. The first-order chi connectivity index (χ1) is 30.3. The summed E-state index contributed by atoms with van der Waals surface area (Å²) in [7, 11) is 0. The van der Waals surface area contributed by atoms with E-state index in [1.54, 1.807) is 0 Å². The van der Waals surface area contributed by atoms with Gasteiger partial charge in [0, 0.05) is 44.3 Å². The van der Waals surface area contributed by atoms with E-state index in [9.17, 15) is 0 Å². The maximum Gasteiger partial charge on any atom is 0.0562 e. The minimum atomic E-state index is 1.09. The Morgan fingerprint density at radius 3 is 1.39 bits per heavy atom. The number of nitrogens with zero attached hydrogens (tertiary/aromatic N) is 3. The SMILES string of the molecule is c1ccc(-c2ccc(N(c3ccc(-c4ccc(-n5c6ccccc6c6cc7ccccc7cc65)cc4)cc3)c3cccc4c3c3ccccc3n4-c3ccccc3)cc2)cc1. The average molecular weight is 778 g/mol. The number of hydrogen-bond donors (Lipinski definition) is 0. The summed E-state index contributed by atoms with van der Waals surface area (Å²) in [6, 6.07) is 85.8. The molecule has 0 bridgehead atoms. The molecule has 0 aliphatic heterocycles. The molecular formula is C58H39N3. The van der Waals surface area contributed by atoms with E-state index >= 15 is 0 Å². The molecule has 0 N–H and O–H groups in total. The topological polar surface area (TPSA) is 13.1 Å². The minimum Gasteiger partial charge on any atom is -0.310 e. The second kappa shape index (κ2) is 14.3. The molecule has 0 amide bonds. The zero-order valence-corrected chi connectivity index (χ0v) is 33.4. The Bertz CT molecular complexity index is 3540. The van der Waals surface area contributed by atoms with Gasteiger partial charge in [0.2, 0.25) is 0 Å². The molecule has 3 nitrogen and oxygen atoms in total. The van der Waals surface area contributed by atoms with E-state index in [4.69, 9.17) is 0 Å². The van der Waals surface area contributed by atoms with Gasteiger partial charge >= 0.3 is 0 Å². The van der Waals surface area contributed by atoms with Crippen LogP contribution in [0.4, 0.5) is 17.1 Å². The molecule has 0 saturated carbocycles. The maximum atomic E-state index is 2.41. The second-order valence-electron chi connectivity index (χ2n) is 15.8. The van der Waals surface area contributed by atoms with Gasteiger partial charge in [-0.05, 0) is 118 Å². The number of aromatic nitrogens is 2. The van der Waals surface area contributed by atoms with Crippen molar-refractivity contribution in [3.63, 3.8) is 0 Å². The van der Waals surface area contributed by atoms with Gasteiger partial charge in [0.15, 0.2) is 0 Å². The van der Waals surface area contributed by atoms with Crippen molar-refractivity contribution in [1.29, 1.82) is 0 Å². The third-order valence-corrected chi connectivity index (χ3v) is 12.3. The highest BCUT2D eigenvalue weighted by atomic mass is 15.1. The summed E-state index contributed by atoms with van der Waals surface area (Å²) >= 11 is 0. The van der Waals surface area contributed by atoms with Gasteiger partial charge in [-0.2, -0.15) is 0 Å². The number of anilines is 3. The molecule has 2 aromatic heterocycles. The van der Waals surface area contributed by atoms with E-state index in [1.807, 2.05) is 0 Å². The molecule has 0 atom stereocenters. The van der Waals surface area contributed by atoms with Crippen molar-refractivity contribution in [1.82, 2.24) is 9.13 Å². The summed E-state index contributed by atoms with van der Waals surface area (Å²) in [6.07, 6.45) is 0. The fourth-order valence-electron chi connectivity index (χ4n) is 9.44.